The molecule has 0 spiro atoms. The number of likely N-dealkylation sites (N-methyl/N-ethyl adjacent to an activating group) is 2. The fourth-order valence-corrected chi connectivity index (χ4v) is 3.26. The van der Waals surface area contributed by atoms with E-state index >= 15 is 0 Å². The minimum absolute atomic E-state index is 0.148. The van der Waals surface area contributed by atoms with Crippen LogP contribution in [-0.2, 0) is 6.42 Å². The molecule has 1 aliphatic heterocycles. The van der Waals surface area contributed by atoms with Gasteiger partial charge in [0, 0.05) is 36.4 Å². The highest BCUT2D eigenvalue weighted by Gasteiger charge is 2.23. The molecule has 2 atom stereocenters. The Labute approximate surface area is 127 Å². The van der Waals surface area contributed by atoms with Crippen molar-refractivity contribution in [3.63, 3.8) is 0 Å². The average Bonchev–Trinajstić information content (AvgIpc) is 2.37. The maximum Gasteiger partial charge on any atom is 0.0414 e. The summed E-state index contributed by atoms with van der Waals surface area (Å²) in [4.78, 5) is 4.81. The Morgan fingerprint density at radius 3 is 2.90 bits per heavy atom. The van der Waals surface area contributed by atoms with Gasteiger partial charge < -0.3 is 15.5 Å². The summed E-state index contributed by atoms with van der Waals surface area (Å²) < 4.78 is 0. The van der Waals surface area contributed by atoms with Gasteiger partial charge in [-0.25, -0.2) is 0 Å². The zero-order valence-electron chi connectivity index (χ0n) is 12.8. The Balaban J connectivity index is 2.21. The number of halogens is 1. The molecular formula is C16H26ClN3. The number of likely N-dealkylation sites (tertiary alicyclic amines) is 1. The van der Waals surface area contributed by atoms with Crippen LogP contribution in [0.3, 0.4) is 0 Å². The summed E-state index contributed by atoms with van der Waals surface area (Å²) >= 11 is 6.15. The summed E-state index contributed by atoms with van der Waals surface area (Å²) in [5, 5.41) is 0.790. The molecule has 2 N–H and O–H groups in total. The molecule has 1 fully saturated rings. The van der Waals surface area contributed by atoms with Gasteiger partial charge in [0.2, 0.25) is 0 Å². The lowest BCUT2D eigenvalue weighted by Gasteiger charge is -2.38. The molecule has 0 radical (unpaired) electrons. The molecule has 1 aromatic carbocycles. The Bertz CT molecular complexity index is 447. The molecule has 0 saturated carbocycles. The van der Waals surface area contributed by atoms with E-state index < -0.39 is 0 Å². The summed E-state index contributed by atoms with van der Waals surface area (Å²) in [5.74, 6) is 0. The third-order valence-electron chi connectivity index (χ3n) is 4.11. The van der Waals surface area contributed by atoms with Gasteiger partial charge in [-0.3, -0.25) is 0 Å². The lowest BCUT2D eigenvalue weighted by Crippen LogP contribution is -2.45. The van der Waals surface area contributed by atoms with Crippen LogP contribution in [0.5, 0.6) is 0 Å². The molecule has 1 heterocycles. The molecule has 112 valence electrons. The average molecular weight is 296 g/mol. The highest BCUT2D eigenvalue weighted by Crippen LogP contribution is 2.28. The summed E-state index contributed by atoms with van der Waals surface area (Å²) in [7, 11) is 4.39. The highest BCUT2D eigenvalue weighted by molar-refractivity contribution is 6.30. The van der Waals surface area contributed by atoms with Crippen molar-refractivity contribution in [2.75, 3.05) is 32.1 Å². The Morgan fingerprint density at radius 2 is 2.25 bits per heavy atom. The molecule has 1 aliphatic rings. The summed E-state index contributed by atoms with van der Waals surface area (Å²) in [5.41, 5.74) is 8.50. The second-order valence-corrected chi connectivity index (χ2v) is 6.56. The first-order valence-electron chi connectivity index (χ1n) is 7.42. The molecule has 2 rings (SSSR count). The zero-order valence-corrected chi connectivity index (χ0v) is 13.5. The van der Waals surface area contributed by atoms with E-state index in [1.807, 2.05) is 13.0 Å². The standard InChI is InChI=1S/C16H26ClN3/c1-12(18)9-13-10-14(17)6-7-16(13)20(3)15-5-4-8-19(2)11-15/h6-7,10,12,15H,4-5,8-9,11,18H2,1-3H3. The lowest BCUT2D eigenvalue weighted by atomic mass is 10.0. The molecule has 0 aliphatic carbocycles. The topological polar surface area (TPSA) is 32.5 Å². The first-order chi connectivity index (χ1) is 9.47. The summed E-state index contributed by atoms with van der Waals surface area (Å²) in [6.07, 6.45) is 3.38. The zero-order chi connectivity index (χ0) is 14.7. The van der Waals surface area contributed by atoms with E-state index in [9.17, 15) is 0 Å². The van der Waals surface area contributed by atoms with Gasteiger partial charge in [0.15, 0.2) is 0 Å². The fraction of sp³-hybridized carbons (Fsp3) is 0.625. The van der Waals surface area contributed by atoms with Crippen molar-refractivity contribution in [3.8, 4) is 0 Å². The normalized spacial score (nSPS) is 21.8. The number of hydrogen-bond donors (Lipinski definition) is 1. The smallest absolute Gasteiger partial charge is 0.0414 e. The van der Waals surface area contributed by atoms with Gasteiger partial charge in [-0.2, -0.15) is 0 Å². The van der Waals surface area contributed by atoms with Gasteiger partial charge in [-0.1, -0.05) is 11.6 Å². The van der Waals surface area contributed by atoms with Gasteiger partial charge in [0.05, 0.1) is 0 Å². The van der Waals surface area contributed by atoms with Crippen molar-refractivity contribution in [3.05, 3.63) is 28.8 Å². The van der Waals surface area contributed by atoms with Crippen LogP contribution in [0.15, 0.2) is 18.2 Å². The summed E-state index contributed by atoms with van der Waals surface area (Å²) in [6, 6.07) is 6.89. The van der Waals surface area contributed by atoms with E-state index in [1.54, 1.807) is 0 Å². The predicted molar refractivity (Wildman–Crippen MR) is 87.7 cm³/mol. The SMILES string of the molecule is CC(N)Cc1cc(Cl)ccc1N(C)C1CCCN(C)C1. The maximum absolute atomic E-state index is 6.15. The molecule has 0 bridgehead atoms. The number of nitrogens with zero attached hydrogens (tertiary/aromatic N) is 2. The van der Waals surface area contributed by atoms with E-state index in [0.29, 0.717) is 6.04 Å². The summed E-state index contributed by atoms with van der Waals surface area (Å²) in [6.45, 7) is 4.37. The minimum Gasteiger partial charge on any atom is -0.370 e. The predicted octanol–water partition coefficient (Wildman–Crippen LogP) is 2.76. The van der Waals surface area contributed by atoms with Crippen LogP contribution < -0.4 is 10.6 Å². The van der Waals surface area contributed by atoms with Crippen LogP contribution in [0.25, 0.3) is 0 Å². The molecule has 1 saturated heterocycles. The van der Waals surface area contributed by atoms with E-state index in [0.717, 1.165) is 18.0 Å². The van der Waals surface area contributed by atoms with Crippen molar-refractivity contribution in [1.29, 1.82) is 0 Å². The molecule has 0 aromatic heterocycles. The van der Waals surface area contributed by atoms with Crippen molar-refractivity contribution in [2.24, 2.45) is 5.73 Å². The van der Waals surface area contributed by atoms with Crippen LogP contribution >= 0.6 is 11.6 Å². The fourth-order valence-electron chi connectivity index (χ4n) is 3.06. The number of hydrogen-bond acceptors (Lipinski definition) is 3. The quantitative estimate of drug-likeness (QED) is 0.927. The van der Waals surface area contributed by atoms with Gasteiger partial charge >= 0.3 is 0 Å². The Kier molecular flexibility index (Phi) is 5.30. The first-order valence-corrected chi connectivity index (χ1v) is 7.80. The second-order valence-electron chi connectivity index (χ2n) is 6.12. The number of nitrogens with two attached hydrogens (primary N) is 1. The van der Waals surface area contributed by atoms with Crippen LogP contribution in [0.2, 0.25) is 5.02 Å². The van der Waals surface area contributed by atoms with Crippen molar-refractivity contribution >= 4 is 17.3 Å². The molecule has 3 nitrogen and oxygen atoms in total. The highest BCUT2D eigenvalue weighted by atomic mass is 35.5. The number of piperidine rings is 1. The van der Waals surface area contributed by atoms with Gasteiger partial charge in [0.1, 0.15) is 0 Å². The second kappa shape index (κ2) is 6.79. The van der Waals surface area contributed by atoms with Crippen LogP contribution in [0, 0.1) is 0 Å². The van der Waals surface area contributed by atoms with Crippen molar-refractivity contribution in [2.45, 2.75) is 38.3 Å². The largest absolute Gasteiger partial charge is 0.370 e. The Morgan fingerprint density at radius 1 is 1.50 bits per heavy atom. The van der Waals surface area contributed by atoms with E-state index in [1.165, 1.54) is 30.6 Å². The molecule has 4 heteroatoms. The third kappa shape index (κ3) is 3.87. The number of anilines is 1. The molecule has 0 amide bonds. The monoisotopic (exact) mass is 295 g/mol. The van der Waals surface area contributed by atoms with Crippen LogP contribution in [-0.4, -0.2) is 44.2 Å². The van der Waals surface area contributed by atoms with Crippen LogP contribution in [0.4, 0.5) is 5.69 Å². The third-order valence-corrected chi connectivity index (χ3v) is 4.35. The van der Waals surface area contributed by atoms with Gasteiger partial charge in [-0.05, 0) is 63.5 Å². The maximum atomic E-state index is 6.15. The Hall–Kier alpha value is -0.770. The van der Waals surface area contributed by atoms with E-state index in [2.05, 4.69) is 36.0 Å². The molecule has 20 heavy (non-hydrogen) atoms. The molecule has 2 unspecified atom stereocenters. The van der Waals surface area contributed by atoms with Gasteiger partial charge in [-0.15, -0.1) is 0 Å². The molecule has 1 aromatic rings. The lowest BCUT2D eigenvalue weighted by molar-refractivity contribution is 0.248. The number of rotatable bonds is 4. The van der Waals surface area contributed by atoms with Crippen LogP contribution in [0.1, 0.15) is 25.3 Å². The van der Waals surface area contributed by atoms with Crippen molar-refractivity contribution < 1.29 is 0 Å². The minimum atomic E-state index is 0.148. The van der Waals surface area contributed by atoms with Gasteiger partial charge in [0.25, 0.3) is 0 Å². The first kappa shape index (κ1) is 15.6. The van der Waals surface area contributed by atoms with Crippen molar-refractivity contribution in [1.82, 2.24) is 4.90 Å². The van der Waals surface area contributed by atoms with E-state index in [-0.39, 0.29) is 6.04 Å². The molecular weight excluding hydrogens is 270 g/mol. The van der Waals surface area contributed by atoms with E-state index in [4.69, 9.17) is 17.3 Å². The number of benzene rings is 1.